The number of nitrogens with one attached hydrogen (secondary N) is 1. The van der Waals surface area contributed by atoms with E-state index < -0.39 is 13.0 Å². The van der Waals surface area contributed by atoms with Crippen molar-refractivity contribution in [3.05, 3.63) is 23.8 Å². The number of ether oxygens (including phenoxy) is 2. The van der Waals surface area contributed by atoms with Gasteiger partial charge in [0, 0.05) is 25.4 Å². The maximum atomic E-state index is 12.2. The Morgan fingerprint density at radius 1 is 1.43 bits per heavy atom. The molecule has 5 nitrogen and oxygen atoms in total. The van der Waals surface area contributed by atoms with Crippen molar-refractivity contribution in [2.75, 3.05) is 25.6 Å². The molecule has 0 aliphatic heterocycles. The predicted molar refractivity (Wildman–Crippen MR) is 75.8 cm³/mol. The standard InChI is InChI=1S/C14H20F2N2O3/c1-9-3-4-10(5-12(9)21-8-13(15)16)18-14(19)6-11(7-17)20-2/h3-5,11,13H,6-8,17H2,1-2H3,(H,18,19). The Labute approximate surface area is 122 Å². The molecule has 1 atom stereocenters. The molecule has 0 bridgehead atoms. The molecule has 0 aliphatic rings. The monoisotopic (exact) mass is 302 g/mol. The maximum Gasteiger partial charge on any atom is 0.272 e. The highest BCUT2D eigenvalue weighted by molar-refractivity contribution is 5.91. The fourth-order valence-corrected chi connectivity index (χ4v) is 1.67. The molecule has 0 aromatic heterocycles. The highest BCUT2D eigenvalue weighted by atomic mass is 19.3. The molecule has 0 spiro atoms. The third kappa shape index (κ3) is 6.05. The molecule has 1 amide bonds. The van der Waals surface area contributed by atoms with Crippen LogP contribution in [-0.2, 0) is 9.53 Å². The molecule has 0 saturated heterocycles. The quantitative estimate of drug-likeness (QED) is 0.769. The molecule has 0 saturated carbocycles. The van der Waals surface area contributed by atoms with Crippen LogP contribution in [0, 0.1) is 6.92 Å². The van der Waals surface area contributed by atoms with Gasteiger partial charge in [0.15, 0.2) is 0 Å². The van der Waals surface area contributed by atoms with Gasteiger partial charge in [0.05, 0.1) is 12.5 Å². The van der Waals surface area contributed by atoms with Crippen LogP contribution in [0.15, 0.2) is 18.2 Å². The van der Waals surface area contributed by atoms with Gasteiger partial charge >= 0.3 is 0 Å². The Bertz CT molecular complexity index is 466. The number of hydrogen-bond donors (Lipinski definition) is 2. The van der Waals surface area contributed by atoms with Crippen molar-refractivity contribution in [2.24, 2.45) is 5.73 Å². The van der Waals surface area contributed by atoms with Crippen LogP contribution in [0.5, 0.6) is 5.75 Å². The molecule has 118 valence electrons. The first-order chi connectivity index (χ1) is 9.96. The number of amides is 1. The fraction of sp³-hybridized carbons (Fsp3) is 0.500. The Balaban J connectivity index is 2.66. The summed E-state index contributed by atoms with van der Waals surface area (Å²) < 4.78 is 34.3. The lowest BCUT2D eigenvalue weighted by molar-refractivity contribution is -0.118. The molecule has 0 heterocycles. The molecule has 0 radical (unpaired) electrons. The van der Waals surface area contributed by atoms with Gasteiger partial charge in [0.25, 0.3) is 6.43 Å². The van der Waals surface area contributed by atoms with Crippen molar-refractivity contribution in [3.63, 3.8) is 0 Å². The molecule has 0 aliphatic carbocycles. The topological polar surface area (TPSA) is 73.6 Å². The van der Waals surface area contributed by atoms with Crippen LogP contribution in [0.2, 0.25) is 0 Å². The summed E-state index contributed by atoms with van der Waals surface area (Å²) >= 11 is 0. The van der Waals surface area contributed by atoms with Crippen molar-refractivity contribution < 1.29 is 23.0 Å². The van der Waals surface area contributed by atoms with E-state index in [1.807, 2.05) is 0 Å². The van der Waals surface area contributed by atoms with Crippen molar-refractivity contribution in [1.82, 2.24) is 0 Å². The smallest absolute Gasteiger partial charge is 0.272 e. The van der Waals surface area contributed by atoms with E-state index in [-0.39, 0.29) is 25.0 Å². The number of hydrogen-bond acceptors (Lipinski definition) is 4. The summed E-state index contributed by atoms with van der Waals surface area (Å²) in [6, 6.07) is 4.87. The Hall–Kier alpha value is -1.73. The summed E-state index contributed by atoms with van der Waals surface area (Å²) in [6.45, 7) is 1.29. The average Bonchev–Trinajstić information content (AvgIpc) is 2.45. The number of rotatable bonds is 8. The zero-order chi connectivity index (χ0) is 15.8. The van der Waals surface area contributed by atoms with Gasteiger partial charge < -0.3 is 20.5 Å². The number of aryl methyl sites for hydroxylation is 1. The summed E-state index contributed by atoms with van der Waals surface area (Å²) in [5.74, 6) is 0.0474. The normalized spacial score (nSPS) is 12.3. The molecule has 1 rings (SSSR count). The molecule has 0 fully saturated rings. The number of carbonyl (C=O) groups excluding carboxylic acids is 1. The van der Waals surface area contributed by atoms with Crippen LogP contribution in [0.1, 0.15) is 12.0 Å². The van der Waals surface area contributed by atoms with Gasteiger partial charge in [0.2, 0.25) is 5.91 Å². The van der Waals surface area contributed by atoms with Crippen molar-refractivity contribution in [3.8, 4) is 5.75 Å². The largest absolute Gasteiger partial charge is 0.487 e. The number of carbonyl (C=O) groups is 1. The molecule has 1 unspecified atom stereocenters. The van der Waals surface area contributed by atoms with Crippen molar-refractivity contribution in [1.29, 1.82) is 0 Å². The number of alkyl halides is 2. The summed E-state index contributed by atoms with van der Waals surface area (Å²) in [7, 11) is 1.48. The van der Waals surface area contributed by atoms with Crippen molar-refractivity contribution >= 4 is 11.6 Å². The molecular weight excluding hydrogens is 282 g/mol. The van der Waals surface area contributed by atoms with Crippen LogP contribution in [0.3, 0.4) is 0 Å². The van der Waals surface area contributed by atoms with E-state index in [2.05, 4.69) is 5.32 Å². The third-order valence-corrected chi connectivity index (χ3v) is 2.85. The fourth-order valence-electron chi connectivity index (χ4n) is 1.67. The highest BCUT2D eigenvalue weighted by Gasteiger charge is 2.12. The number of methoxy groups -OCH3 is 1. The van der Waals surface area contributed by atoms with Crippen LogP contribution < -0.4 is 15.8 Å². The Kier molecular flexibility index (Phi) is 7.04. The summed E-state index contributed by atoms with van der Waals surface area (Å²) in [6.07, 6.45) is -2.78. The molecule has 7 heteroatoms. The second-order valence-corrected chi connectivity index (χ2v) is 4.53. The minimum absolute atomic E-state index is 0.119. The van der Waals surface area contributed by atoms with E-state index >= 15 is 0 Å². The van der Waals surface area contributed by atoms with Crippen LogP contribution >= 0.6 is 0 Å². The SMILES string of the molecule is COC(CN)CC(=O)Nc1ccc(C)c(OCC(F)F)c1. The van der Waals surface area contributed by atoms with Gasteiger partial charge in [0.1, 0.15) is 12.4 Å². The van der Waals surface area contributed by atoms with Crippen LogP contribution in [-0.4, -0.2) is 38.7 Å². The lowest BCUT2D eigenvalue weighted by Gasteiger charge is -2.14. The number of nitrogens with two attached hydrogens (primary N) is 1. The lowest BCUT2D eigenvalue weighted by atomic mass is 10.2. The first-order valence-corrected chi connectivity index (χ1v) is 6.50. The zero-order valence-electron chi connectivity index (χ0n) is 12.1. The molecule has 21 heavy (non-hydrogen) atoms. The third-order valence-electron chi connectivity index (χ3n) is 2.85. The van der Waals surface area contributed by atoms with Crippen molar-refractivity contribution in [2.45, 2.75) is 25.9 Å². The maximum absolute atomic E-state index is 12.2. The summed E-state index contributed by atoms with van der Waals surface area (Å²) in [4.78, 5) is 11.8. The molecular formula is C14H20F2N2O3. The lowest BCUT2D eigenvalue weighted by Crippen LogP contribution is -2.28. The minimum atomic E-state index is -2.55. The number of anilines is 1. The second kappa shape index (κ2) is 8.53. The van der Waals surface area contributed by atoms with Gasteiger partial charge in [-0.2, -0.15) is 0 Å². The van der Waals surface area contributed by atoms with Crippen LogP contribution in [0.4, 0.5) is 14.5 Å². The predicted octanol–water partition coefficient (Wildman–Crippen LogP) is 1.94. The van der Waals surface area contributed by atoms with E-state index in [1.54, 1.807) is 19.1 Å². The van der Waals surface area contributed by atoms with Gasteiger partial charge in [-0.05, 0) is 18.6 Å². The average molecular weight is 302 g/mol. The van der Waals surface area contributed by atoms with Crippen LogP contribution in [0.25, 0.3) is 0 Å². The first-order valence-electron chi connectivity index (χ1n) is 6.50. The number of benzene rings is 1. The van der Waals surface area contributed by atoms with Gasteiger partial charge in [-0.3, -0.25) is 4.79 Å². The van der Waals surface area contributed by atoms with E-state index in [4.69, 9.17) is 15.2 Å². The first kappa shape index (κ1) is 17.3. The molecule has 1 aromatic rings. The molecule has 1 aromatic carbocycles. The Morgan fingerprint density at radius 3 is 2.71 bits per heavy atom. The van der Waals surface area contributed by atoms with Gasteiger partial charge in [-0.15, -0.1) is 0 Å². The second-order valence-electron chi connectivity index (χ2n) is 4.53. The zero-order valence-corrected chi connectivity index (χ0v) is 12.1. The van der Waals surface area contributed by atoms with Gasteiger partial charge in [-0.25, -0.2) is 8.78 Å². The Morgan fingerprint density at radius 2 is 2.14 bits per heavy atom. The van der Waals surface area contributed by atoms with E-state index in [9.17, 15) is 13.6 Å². The molecule has 3 N–H and O–H groups in total. The van der Waals surface area contributed by atoms with E-state index in [1.165, 1.54) is 13.2 Å². The summed E-state index contributed by atoms with van der Waals surface area (Å²) in [5.41, 5.74) is 6.63. The van der Waals surface area contributed by atoms with E-state index in [0.717, 1.165) is 0 Å². The summed E-state index contributed by atoms with van der Waals surface area (Å²) in [5, 5.41) is 2.65. The number of halogens is 2. The van der Waals surface area contributed by atoms with E-state index in [0.29, 0.717) is 17.0 Å². The highest BCUT2D eigenvalue weighted by Crippen LogP contribution is 2.23. The van der Waals surface area contributed by atoms with Gasteiger partial charge in [-0.1, -0.05) is 6.07 Å². The minimum Gasteiger partial charge on any atom is -0.487 e.